The predicted octanol–water partition coefficient (Wildman–Crippen LogP) is 3.18. The molecule has 2 nitrogen and oxygen atoms in total. The molecule has 3 rings (SSSR count). The third kappa shape index (κ3) is 2.77. The Morgan fingerprint density at radius 2 is 1.90 bits per heavy atom. The topological polar surface area (TPSA) is 35.2 Å². The first-order valence-corrected chi connectivity index (χ1v) is 7.24. The van der Waals surface area contributed by atoms with Gasteiger partial charge in [0.2, 0.25) is 0 Å². The molecule has 0 fully saturated rings. The molecule has 1 aliphatic rings. The largest absolute Gasteiger partial charge is 0.372 e. The van der Waals surface area contributed by atoms with Gasteiger partial charge in [-0.15, -0.1) is 0 Å². The van der Waals surface area contributed by atoms with Gasteiger partial charge < -0.3 is 10.5 Å². The molecular weight excluding hydrogens is 246 g/mol. The molecular formula is C18H21NO. The summed E-state index contributed by atoms with van der Waals surface area (Å²) >= 11 is 0. The first-order chi connectivity index (χ1) is 9.74. The van der Waals surface area contributed by atoms with Crippen LogP contribution in [0.1, 0.15) is 28.4 Å². The molecule has 2 aromatic rings. The third-order valence-electron chi connectivity index (χ3n) is 4.01. The lowest BCUT2D eigenvalue weighted by Gasteiger charge is -2.30. The summed E-state index contributed by atoms with van der Waals surface area (Å²) in [6.07, 6.45) is 1.85. The number of nitrogens with two attached hydrogens (primary N) is 1. The van der Waals surface area contributed by atoms with Crippen LogP contribution in [0.3, 0.4) is 0 Å². The summed E-state index contributed by atoms with van der Waals surface area (Å²) in [5.41, 5.74) is 11.6. The van der Waals surface area contributed by atoms with Crippen molar-refractivity contribution in [1.29, 1.82) is 0 Å². The van der Waals surface area contributed by atoms with Crippen LogP contribution in [-0.4, -0.2) is 12.6 Å². The van der Waals surface area contributed by atoms with E-state index >= 15 is 0 Å². The Balaban J connectivity index is 1.78. The molecule has 0 spiro atoms. The predicted molar refractivity (Wildman–Crippen MR) is 81.7 cm³/mol. The van der Waals surface area contributed by atoms with E-state index in [2.05, 4.69) is 55.5 Å². The highest BCUT2D eigenvalue weighted by molar-refractivity contribution is 5.32. The second-order valence-corrected chi connectivity index (χ2v) is 5.59. The summed E-state index contributed by atoms with van der Waals surface area (Å²) in [7, 11) is 0. The van der Waals surface area contributed by atoms with Crippen molar-refractivity contribution >= 4 is 0 Å². The van der Waals surface area contributed by atoms with Crippen molar-refractivity contribution in [3.05, 3.63) is 70.8 Å². The molecule has 2 N–H and O–H groups in total. The van der Waals surface area contributed by atoms with E-state index in [0.717, 1.165) is 19.4 Å². The van der Waals surface area contributed by atoms with E-state index in [1.165, 1.54) is 22.3 Å². The Kier molecular flexibility index (Phi) is 3.86. The summed E-state index contributed by atoms with van der Waals surface area (Å²) in [5.74, 6) is 0. The molecule has 1 heterocycles. The Morgan fingerprint density at radius 1 is 1.15 bits per heavy atom. The van der Waals surface area contributed by atoms with E-state index in [1.807, 2.05) is 0 Å². The number of aryl methyl sites for hydroxylation is 1. The molecule has 0 bridgehead atoms. The normalized spacial score (nSPS) is 19.4. The number of fused-ring (bicyclic) bond motifs is 1. The van der Waals surface area contributed by atoms with E-state index in [-0.39, 0.29) is 12.1 Å². The van der Waals surface area contributed by atoms with Crippen molar-refractivity contribution in [3.8, 4) is 0 Å². The minimum Gasteiger partial charge on any atom is -0.372 e. The number of hydrogen-bond donors (Lipinski definition) is 1. The minimum atomic E-state index is -0.000781. The fraction of sp³-hybridized carbons (Fsp3) is 0.333. The SMILES string of the molecule is Cc1ccc(CC(N)C2OCCc3ccccc32)cc1. The highest BCUT2D eigenvalue weighted by Gasteiger charge is 2.26. The summed E-state index contributed by atoms with van der Waals surface area (Å²) < 4.78 is 5.94. The molecule has 0 radical (unpaired) electrons. The molecule has 2 heteroatoms. The first-order valence-electron chi connectivity index (χ1n) is 7.24. The fourth-order valence-corrected chi connectivity index (χ4v) is 2.88. The third-order valence-corrected chi connectivity index (χ3v) is 4.01. The van der Waals surface area contributed by atoms with Gasteiger partial charge in [-0.3, -0.25) is 0 Å². The monoisotopic (exact) mass is 267 g/mol. The first kappa shape index (κ1) is 13.3. The maximum atomic E-state index is 6.41. The zero-order valence-electron chi connectivity index (χ0n) is 11.9. The second-order valence-electron chi connectivity index (χ2n) is 5.59. The summed E-state index contributed by atoms with van der Waals surface area (Å²) in [6, 6.07) is 17.1. The minimum absolute atomic E-state index is 0.000781. The highest BCUT2D eigenvalue weighted by Crippen LogP contribution is 2.30. The average Bonchev–Trinajstić information content (AvgIpc) is 2.49. The maximum absolute atomic E-state index is 6.41. The molecule has 2 atom stereocenters. The van der Waals surface area contributed by atoms with Crippen LogP contribution in [0.5, 0.6) is 0 Å². The number of rotatable bonds is 3. The Labute approximate surface area is 120 Å². The van der Waals surface area contributed by atoms with Crippen LogP contribution in [0.2, 0.25) is 0 Å². The lowest BCUT2D eigenvalue weighted by molar-refractivity contribution is 0.0246. The molecule has 0 saturated carbocycles. The smallest absolute Gasteiger partial charge is 0.0981 e. The standard InChI is InChI=1S/C18H21NO/c1-13-6-8-14(9-7-13)12-17(19)18-16-5-3-2-4-15(16)10-11-20-18/h2-9,17-18H,10-12,19H2,1H3. The Morgan fingerprint density at radius 3 is 2.70 bits per heavy atom. The van der Waals surface area contributed by atoms with E-state index in [1.54, 1.807) is 0 Å². The van der Waals surface area contributed by atoms with Crippen molar-refractivity contribution in [2.24, 2.45) is 5.73 Å². The molecule has 1 aliphatic heterocycles. The molecule has 0 aliphatic carbocycles. The van der Waals surface area contributed by atoms with Gasteiger partial charge in [-0.2, -0.15) is 0 Å². The van der Waals surface area contributed by atoms with Gasteiger partial charge in [-0.1, -0.05) is 54.1 Å². The van der Waals surface area contributed by atoms with Crippen LogP contribution in [-0.2, 0) is 17.6 Å². The van der Waals surface area contributed by atoms with Crippen molar-refractivity contribution < 1.29 is 4.74 Å². The van der Waals surface area contributed by atoms with Crippen LogP contribution in [0.25, 0.3) is 0 Å². The van der Waals surface area contributed by atoms with E-state index < -0.39 is 0 Å². The zero-order valence-corrected chi connectivity index (χ0v) is 11.9. The van der Waals surface area contributed by atoms with Crippen molar-refractivity contribution in [2.75, 3.05) is 6.61 Å². The number of benzene rings is 2. The van der Waals surface area contributed by atoms with Gasteiger partial charge in [0.05, 0.1) is 12.7 Å². The van der Waals surface area contributed by atoms with Crippen molar-refractivity contribution in [3.63, 3.8) is 0 Å². The van der Waals surface area contributed by atoms with Crippen molar-refractivity contribution in [1.82, 2.24) is 0 Å². The highest BCUT2D eigenvalue weighted by atomic mass is 16.5. The van der Waals surface area contributed by atoms with Gasteiger partial charge in [-0.25, -0.2) is 0 Å². The van der Waals surface area contributed by atoms with E-state index in [4.69, 9.17) is 10.5 Å². The number of ether oxygens (including phenoxy) is 1. The van der Waals surface area contributed by atoms with Crippen LogP contribution in [0.15, 0.2) is 48.5 Å². The molecule has 20 heavy (non-hydrogen) atoms. The fourth-order valence-electron chi connectivity index (χ4n) is 2.88. The van der Waals surface area contributed by atoms with Gasteiger partial charge in [0, 0.05) is 6.04 Å². The Hall–Kier alpha value is -1.64. The summed E-state index contributed by atoms with van der Waals surface area (Å²) in [4.78, 5) is 0. The lowest BCUT2D eigenvalue weighted by Crippen LogP contribution is -2.35. The van der Waals surface area contributed by atoms with Crippen LogP contribution >= 0.6 is 0 Å². The lowest BCUT2D eigenvalue weighted by atomic mass is 9.90. The second kappa shape index (κ2) is 5.78. The zero-order chi connectivity index (χ0) is 13.9. The van der Waals surface area contributed by atoms with Gasteiger partial charge in [0.15, 0.2) is 0 Å². The van der Waals surface area contributed by atoms with Crippen LogP contribution < -0.4 is 5.73 Å². The summed E-state index contributed by atoms with van der Waals surface area (Å²) in [5, 5.41) is 0. The summed E-state index contributed by atoms with van der Waals surface area (Å²) in [6.45, 7) is 2.87. The quantitative estimate of drug-likeness (QED) is 0.927. The van der Waals surface area contributed by atoms with Gasteiger partial charge in [0.25, 0.3) is 0 Å². The number of hydrogen-bond acceptors (Lipinski definition) is 2. The van der Waals surface area contributed by atoms with Gasteiger partial charge in [-0.05, 0) is 36.5 Å². The Bertz CT molecular complexity index is 576. The molecule has 2 aromatic carbocycles. The maximum Gasteiger partial charge on any atom is 0.0981 e. The molecule has 0 saturated heterocycles. The van der Waals surface area contributed by atoms with Crippen LogP contribution in [0.4, 0.5) is 0 Å². The van der Waals surface area contributed by atoms with Crippen LogP contribution in [0, 0.1) is 6.92 Å². The average molecular weight is 267 g/mol. The van der Waals surface area contributed by atoms with Gasteiger partial charge in [0.1, 0.15) is 0 Å². The molecule has 104 valence electrons. The van der Waals surface area contributed by atoms with Crippen molar-refractivity contribution in [2.45, 2.75) is 31.9 Å². The molecule has 0 aromatic heterocycles. The van der Waals surface area contributed by atoms with E-state index in [0.29, 0.717) is 0 Å². The molecule has 2 unspecified atom stereocenters. The van der Waals surface area contributed by atoms with E-state index in [9.17, 15) is 0 Å². The molecule has 0 amide bonds. The van der Waals surface area contributed by atoms with Gasteiger partial charge >= 0.3 is 0 Å².